The van der Waals surface area contributed by atoms with Gasteiger partial charge in [-0.15, -0.1) is 0 Å². The zero-order valence-corrected chi connectivity index (χ0v) is 16.2. The summed E-state index contributed by atoms with van der Waals surface area (Å²) in [6.07, 6.45) is 0. The Bertz CT molecular complexity index is 1140. The topological polar surface area (TPSA) is 61.2 Å². The number of amides is 2. The number of hydrogen-bond donors (Lipinski definition) is 0. The van der Waals surface area contributed by atoms with Crippen LogP contribution in [0.5, 0.6) is 0 Å². The van der Waals surface area contributed by atoms with E-state index < -0.39 is 0 Å². The quantitative estimate of drug-likeness (QED) is 0.623. The normalized spacial score (nSPS) is 25.5. The Labute approximate surface area is 174 Å². The van der Waals surface area contributed by atoms with Gasteiger partial charge in [0.15, 0.2) is 0 Å². The lowest BCUT2D eigenvalue weighted by Gasteiger charge is -2.45. The van der Waals surface area contributed by atoms with Gasteiger partial charge in [-0.2, -0.15) is 5.26 Å². The van der Waals surface area contributed by atoms with Crippen LogP contribution >= 0.6 is 0 Å². The SMILES string of the molecule is N#Cc1ccc(CN2C(=O)C3C4c5ccccc5C(c5ccccc54)C3C2=O)cc1. The number of imide groups is 1. The van der Waals surface area contributed by atoms with E-state index in [0.29, 0.717) is 5.56 Å². The molecule has 0 aromatic heterocycles. The van der Waals surface area contributed by atoms with Gasteiger partial charge in [0.05, 0.1) is 30.0 Å². The van der Waals surface area contributed by atoms with Crippen LogP contribution in [0.4, 0.5) is 0 Å². The third-order valence-electron chi connectivity index (χ3n) is 6.96. The molecule has 0 spiro atoms. The van der Waals surface area contributed by atoms with Crippen molar-refractivity contribution in [1.29, 1.82) is 5.26 Å². The minimum absolute atomic E-state index is 0.0742. The molecule has 0 saturated carbocycles. The van der Waals surface area contributed by atoms with Crippen LogP contribution < -0.4 is 0 Å². The van der Waals surface area contributed by atoms with E-state index >= 15 is 0 Å². The molecule has 0 N–H and O–H groups in total. The van der Waals surface area contributed by atoms with E-state index in [2.05, 4.69) is 30.3 Å². The Balaban J connectivity index is 1.45. The maximum atomic E-state index is 13.5. The van der Waals surface area contributed by atoms with Gasteiger partial charge in [-0.1, -0.05) is 60.7 Å². The maximum absolute atomic E-state index is 13.5. The zero-order chi connectivity index (χ0) is 20.4. The van der Waals surface area contributed by atoms with E-state index in [1.54, 1.807) is 12.1 Å². The summed E-state index contributed by atoms with van der Waals surface area (Å²) in [4.78, 5) is 28.5. The maximum Gasteiger partial charge on any atom is 0.234 e. The summed E-state index contributed by atoms with van der Waals surface area (Å²) in [5, 5.41) is 9.01. The molecule has 4 aliphatic rings. The summed E-state index contributed by atoms with van der Waals surface area (Å²) >= 11 is 0. The molecule has 2 atom stereocenters. The lowest BCUT2D eigenvalue weighted by Crippen LogP contribution is -2.41. The number of nitriles is 1. The molecule has 3 aromatic rings. The van der Waals surface area contributed by atoms with Crippen molar-refractivity contribution in [3.63, 3.8) is 0 Å². The molecule has 1 saturated heterocycles. The molecule has 0 radical (unpaired) electrons. The van der Waals surface area contributed by atoms with Gasteiger partial charge >= 0.3 is 0 Å². The average Bonchev–Trinajstić information content (AvgIpc) is 3.05. The van der Waals surface area contributed by atoms with Gasteiger partial charge in [-0.25, -0.2) is 0 Å². The number of carbonyl (C=O) groups is 2. The smallest absolute Gasteiger partial charge is 0.234 e. The van der Waals surface area contributed by atoms with Gasteiger partial charge in [-0.05, 0) is 39.9 Å². The third kappa shape index (κ3) is 2.15. The van der Waals surface area contributed by atoms with Crippen LogP contribution in [-0.4, -0.2) is 16.7 Å². The Kier molecular flexibility index (Phi) is 3.52. The van der Waals surface area contributed by atoms with Crippen molar-refractivity contribution in [2.45, 2.75) is 18.4 Å². The van der Waals surface area contributed by atoms with Crippen molar-refractivity contribution in [3.8, 4) is 6.07 Å². The van der Waals surface area contributed by atoms with Gasteiger partial charge in [-0.3, -0.25) is 14.5 Å². The molecule has 3 aromatic carbocycles. The van der Waals surface area contributed by atoms with E-state index in [9.17, 15) is 9.59 Å². The summed E-state index contributed by atoms with van der Waals surface area (Å²) in [6, 6.07) is 25.7. The molecule has 4 heteroatoms. The molecular weight excluding hydrogens is 372 g/mol. The summed E-state index contributed by atoms with van der Waals surface area (Å²) < 4.78 is 0. The minimum Gasteiger partial charge on any atom is -0.278 e. The standard InChI is InChI=1S/C26H18N2O2/c27-13-15-9-11-16(12-10-15)14-28-25(29)23-21-17-5-1-2-6-18(17)22(24(23)26(28)30)20-8-4-3-7-19(20)21/h1-12,21-24H,14H2. The van der Waals surface area contributed by atoms with E-state index in [4.69, 9.17) is 5.26 Å². The van der Waals surface area contributed by atoms with Gasteiger partial charge in [0.25, 0.3) is 0 Å². The second-order valence-electron chi connectivity index (χ2n) is 8.34. The van der Waals surface area contributed by atoms with Crippen LogP contribution in [-0.2, 0) is 16.1 Å². The first-order chi connectivity index (χ1) is 14.7. The van der Waals surface area contributed by atoms with Crippen LogP contribution in [0.15, 0.2) is 72.8 Å². The first-order valence-electron chi connectivity index (χ1n) is 10.2. The highest BCUT2D eigenvalue weighted by Crippen LogP contribution is 2.61. The Morgan fingerprint density at radius 1 is 0.700 bits per heavy atom. The van der Waals surface area contributed by atoms with Crippen molar-refractivity contribution in [2.24, 2.45) is 11.8 Å². The van der Waals surface area contributed by atoms with Crippen molar-refractivity contribution in [1.82, 2.24) is 4.90 Å². The first kappa shape index (κ1) is 17.2. The number of likely N-dealkylation sites (tertiary alicyclic amines) is 1. The van der Waals surface area contributed by atoms with E-state index in [0.717, 1.165) is 5.56 Å². The van der Waals surface area contributed by atoms with Crippen molar-refractivity contribution >= 4 is 11.8 Å². The highest BCUT2D eigenvalue weighted by molar-refractivity contribution is 6.07. The second kappa shape index (κ2) is 6.14. The Hall–Kier alpha value is -3.71. The summed E-state index contributed by atoms with van der Waals surface area (Å²) in [6.45, 7) is 0.252. The lowest BCUT2D eigenvalue weighted by atomic mass is 9.55. The molecule has 2 amide bonds. The number of hydrogen-bond acceptors (Lipinski definition) is 3. The average molecular weight is 390 g/mol. The summed E-state index contributed by atoms with van der Waals surface area (Å²) in [7, 11) is 0. The third-order valence-corrected chi connectivity index (χ3v) is 6.96. The van der Waals surface area contributed by atoms with E-state index in [1.807, 2.05) is 36.4 Å². The van der Waals surface area contributed by atoms with Gasteiger partial charge < -0.3 is 0 Å². The van der Waals surface area contributed by atoms with Crippen LogP contribution in [0.25, 0.3) is 0 Å². The van der Waals surface area contributed by atoms with E-state index in [1.165, 1.54) is 27.2 Å². The van der Waals surface area contributed by atoms with Crippen LogP contribution in [0.3, 0.4) is 0 Å². The molecule has 1 fully saturated rings. The molecule has 2 bridgehead atoms. The lowest BCUT2D eigenvalue weighted by molar-refractivity contribution is -0.140. The number of nitrogens with zero attached hydrogens (tertiary/aromatic N) is 2. The monoisotopic (exact) mass is 390 g/mol. The first-order valence-corrected chi connectivity index (χ1v) is 10.2. The number of rotatable bonds is 2. The second-order valence-corrected chi connectivity index (χ2v) is 8.34. The fourth-order valence-corrected chi connectivity index (χ4v) is 5.76. The van der Waals surface area contributed by atoms with Gasteiger partial charge in [0.1, 0.15) is 0 Å². The molecule has 3 aliphatic carbocycles. The summed E-state index contributed by atoms with van der Waals surface area (Å²) in [5.74, 6) is -0.984. The highest BCUT2D eigenvalue weighted by atomic mass is 16.2. The predicted octanol–water partition coefficient (Wildman–Crippen LogP) is 3.95. The molecule has 144 valence electrons. The van der Waals surface area contributed by atoms with Crippen LogP contribution in [0, 0.1) is 23.2 Å². The van der Waals surface area contributed by atoms with Crippen molar-refractivity contribution in [2.75, 3.05) is 0 Å². The number of benzene rings is 3. The Morgan fingerprint density at radius 3 is 1.53 bits per heavy atom. The van der Waals surface area contributed by atoms with Crippen molar-refractivity contribution in [3.05, 3.63) is 106 Å². The zero-order valence-electron chi connectivity index (χ0n) is 16.2. The molecule has 1 heterocycles. The molecule has 1 aliphatic heterocycles. The van der Waals surface area contributed by atoms with Gasteiger partial charge in [0, 0.05) is 11.8 Å². The highest BCUT2D eigenvalue weighted by Gasteiger charge is 2.61. The largest absolute Gasteiger partial charge is 0.278 e. The van der Waals surface area contributed by atoms with Crippen LogP contribution in [0.1, 0.15) is 45.2 Å². The van der Waals surface area contributed by atoms with Crippen molar-refractivity contribution < 1.29 is 9.59 Å². The molecule has 2 unspecified atom stereocenters. The Morgan fingerprint density at radius 2 is 1.13 bits per heavy atom. The fraction of sp³-hybridized carbons (Fsp3) is 0.192. The summed E-state index contributed by atoms with van der Waals surface area (Å²) in [5.41, 5.74) is 6.16. The molecular formula is C26H18N2O2. The molecule has 4 nitrogen and oxygen atoms in total. The molecule has 7 rings (SSSR count). The predicted molar refractivity (Wildman–Crippen MR) is 110 cm³/mol. The van der Waals surface area contributed by atoms with Gasteiger partial charge in [0.2, 0.25) is 11.8 Å². The molecule has 30 heavy (non-hydrogen) atoms. The van der Waals surface area contributed by atoms with E-state index in [-0.39, 0.29) is 42.0 Å². The van der Waals surface area contributed by atoms with Crippen LogP contribution in [0.2, 0.25) is 0 Å². The fourth-order valence-electron chi connectivity index (χ4n) is 5.76. The minimum atomic E-state index is -0.342. The number of carbonyl (C=O) groups excluding carboxylic acids is 2.